The molecule has 4 heteroatoms. The number of aryl methyl sites for hydroxylation is 2. The van der Waals surface area contributed by atoms with Gasteiger partial charge in [-0.3, -0.25) is 0 Å². The molecular weight excluding hydrogens is 259 g/mol. The van der Waals surface area contributed by atoms with Crippen LogP contribution in [0.3, 0.4) is 0 Å². The van der Waals surface area contributed by atoms with Crippen molar-refractivity contribution < 1.29 is 4.39 Å². The van der Waals surface area contributed by atoms with Crippen LogP contribution in [0, 0.1) is 19.7 Å². The third kappa shape index (κ3) is 3.76. The molecule has 0 aliphatic heterocycles. The lowest BCUT2D eigenvalue weighted by Gasteiger charge is -2.12. The minimum atomic E-state index is -0.320. The average molecular weight is 274 g/mol. The SMILES string of the molecule is Cc1cccc(NC(=S)Nc2cc(C)ccc2F)c1. The lowest BCUT2D eigenvalue weighted by molar-refractivity contribution is 0.632. The molecule has 98 valence electrons. The van der Waals surface area contributed by atoms with Crippen LogP contribution in [0.15, 0.2) is 42.5 Å². The van der Waals surface area contributed by atoms with Crippen molar-refractivity contribution in [2.45, 2.75) is 13.8 Å². The number of benzene rings is 2. The van der Waals surface area contributed by atoms with E-state index in [0.717, 1.165) is 16.8 Å². The monoisotopic (exact) mass is 274 g/mol. The van der Waals surface area contributed by atoms with Gasteiger partial charge in [0.15, 0.2) is 5.11 Å². The van der Waals surface area contributed by atoms with Crippen LogP contribution in [0.5, 0.6) is 0 Å². The maximum atomic E-state index is 13.6. The molecule has 0 bridgehead atoms. The van der Waals surface area contributed by atoms with E-state index in [9.17, 15) is 4.39 Å². The molecule has 0 aliphatic carbocycles. The van der Waals surface area contributed by atoms with Crippen molar-refractivity contribution in [2.75, 3.05) is 10.6 Å². The summed E-state index contributed by atoms with van der Waals surface area (Å²) in [6, 6.07) is 12.7. The number of anilines is 2. The molecular formula is C15H15FN2S. The van der Waals surface area contributed by atoms with Gasteiger partial charge in [0, 0.05) is 5.69 Å². The second-order valence-electron chi connectivity index (χ2n) is 4.43. The van der Waals surface area contributed by atoms with E-state index in [1.165, 1.54) is 6.07 Å². The summed E-state index contributed by atoms with van der Waals surface area (Å²) in [5.74, 6) is -0.320. The Morgan fingerprint density at radius 3 is 2.47 bits per heavy atom. The first-order valence-corrected chi connectivity index (χ1v) is 6.36. The number of halogens is 1. The summed E-state index contributed by atoms with van der Waals surface area (Å²) < 4.78 is 13.6. The number of rotatable bonds is 2. The fourth-order valence-electron chi connectivity index (χ4n) is 1.74. The first-order chi connectivity index (χ1) is 9.04. The van der Waals surface area contributed by atoms with Gasteiger partial charge in [-0.15, -0.1) is 0 Å². The van der Waals surface area contributed by atoms with Crippen LogP contribution in [-0.4, -0.2) is 5.11 Å². The first-order valence-electron chi connectivity index (χ1n) is 5.95. The Balaban J connectivity index is 2.07. The summed E-state index contributed by atoms with van der Waals surface area (Å²) in [7, 11) is 0. The van der Waals surface area contributed by atoms with Crippen LogP contribution in [0.2, 0.25) is 0 Å². The quantitative estimate of drug-likeness (QED) is 0.800. The zero-order valence-electron chi connectivity index (χ0n) is 10.8. The average Bonchev–Trinajstić information content (AvgIpc) is 2.34. The Labute approximate surface area is 117 Å². The molecule has 0 amide bonds. The molecule has 2 aromatic carbocycles. The van der Waals surface area contributed by atoms with Crippen molar-refractivity contribution in [1.82, 2.24) is 0 Å². The van der Waals surface area contributed by atoms with Crippen LogP contribution in [-0.2, 0) is 0 Å². The molecule has 2 nitrogen and oxygen atoms in total. The standard InChI is InChI=1S/C15H15FN2S/c1-10-4-3-5-12(8-10)17-15(19)18-14-9-11(2)6-7-13(14)16/h3-9H,1-2H3,(H2,17,18,19). The topological polar surface area (TPSA) is 24.1 Å². The predicted octanol–water partition coefficient (Wildman–Crippen LogP) is 4.25. The van der Waals surface area contributed by atoms with E-state index < -0.39 is 0 Å². The van der Waals surface area contributed by atoms with Gasteiger partial charge >= 0.3 is 0 Å². The Kier molecular flexibility index (Phi) is 4.12. The van der Waals surface area contributed by atoms with E-state index in [2.05, 4.69) is 10.6 Å². The predicted molar refractivity (Wildman–Crippen MR) is 82.2 cm³/mol. The van der Waals surface area contributed by atoms with Crippen LogP contribution in [0.25, 0.3) is 0 Å². The summed E-state index contributed by atoms with van der Waals surface area (Å²) >= 11 is 5.18. The maximum Gasteiger partial charge on any atom is 0.175 e. The fourth-order valence-corrected chi connectivity index (χ4v) is 1.97. The number of nitrogens with one attached hydrogen (secondary N) is 2. The number of hydrogen-bond acceptors (Lipinski definition) is 1. The van der Waals surface area contributed by atoms with Crippen molar-refractivity contribution in [1.29, 1.82) is 0 Å². The zero-order chi connectivity index (χ0) is 13.8. The summed E-state index contributed by atoms with van der Waals surface area (Å²) in [4.78, 5) is 0. The summed E-state index contributed by atoms with van der Waals surface area (Å²) in [5, 5.41) is 6.27. The van der Waals surface area contributed by atoms with Crippen molar-refractivity contribution in [3.63, 3.8) is 0 Å². The lowest BCUT2D eigenvalue weighted by atomic mass is 10.2. The highest BCUT2D eigenvalue weighted by atomic mass is 32.1. The van der Waals surface area contributed by atoms with Gasteiger partial charge in [0.1, 0.15) is 5.82 Å². The van der Waals surface area contributed by atoms with Gasteiger partial charge in [-0.05, 0) is 61.5 Å². The van der Waals surface area contributed by atoms with Crippen molar-refractivity contribution in [3.05, 3.63) is 59.4 Å². The van der Waals surface area contributed by atoms with Gasteiger partial charge < -0.3 is 10.6 Å². The Bertz CT molecular complexity index is 611. The van der Waals surface area contributed by atoms with Gasteiger partial charge in [-0.25, -0.2) is 4.39 Å². The van der Waals surface area contributed by atoms with Crippen molar-refractivity contribution in [3.8, 4) is 0 Å². The van der Waals surface area contributed by atoms with E-state index in [-0.39, 0.29) is 5.82 Å². The maximum absolute atomic E-state index is 13.6. The molecule has 0 spiro atoms. The summed E-state index contributed by atoms with van der Waals surface area (Å²) in [5.41, 5.74) is 3.37. The Hall–Kier alpha value is -1.94. The fraction of sp³-hybridized carbons (Fsp3) is 0.133. The third-order valence-corrected chi connectivity index (χ3v) is 2.85. The molecule has 0 aromatic heterocycles. The third-order valence-electron chi connectivity index (χ3n) is 2.65. The molecule has 0 heterocycles. The minimum Gasteiger partial charge on any atom is -0.332 e. The van der Waals surface area contributed by atoms with E-state index >= 15 is 0 Å². The second-order valence-corrected chi connectivity index (χ2v) is 4.84. The summed E-state index contributed by atoms with van der Waals surface area (Å²) in [6.07, 6.45) is 0. The first kappa shape index (κ1) is 13.5. The Morgan fingerprint density at radius 2 is 1.74 bits per heavy atom. The van der Waals surface area contributed by atoms with E-state index in [4.69, 9.17) is 12.2 Å². The van der Waals surface area contributed by atoms with Gasteiger partial charge in [0.2, 0.25) is 0 Å². The van der Waals surface area contributed by atoms with Gasteiger partial charge in [0.05, 0.1) is 5.69 Å². The van der Waals surface area contributed by atoms with Gasteiger partial charge in [-0.2, -0.15) is 0 Å². The second kappa shape index (κ2) is 5.80. The normalized spacial score (nSPS) is 10.1. The largest absolute Gasteiger partial charge is 0.332 e. The van der Waals surface area contributed by atoms with E-state index in [1.54, 1.807) is 12.1 Å². The van der Waals surface area contributed by atoms with Crippen LogP contribution >= 0.6 is 12.2 Å². The molecule has 0 atom stereocenters. The molecule has 19 heavy (non-hydrogen) atoms. The van der Waals surface area contributed by atoms with Crippen LogP contribution in [0.1, 0.15) is 11.1 Å². The zero-order valence-corrected chi connectivity index (χ0v) is 11.6. The lowest BCUT2D eigenvalue weighted by Crippen LogP contribution is -2.19. The van der Waals surface area contributed by atoms with Crippen molar-refractivity contribution in [2.24, 2.45) is 0 Å². The molecule has 0 saturated carbocycles. The Morgan fingerprint density at radius 1 is 1.00 bits per heavy atom. The molecule has 0 radical (unpaired) electrons. The van der Waals surface area contributed by atoms with E-state index in [0.29, 0.717) is 10.8 Å². The molecule has 2 rings (SSSR count). The summed E-state index contributed by atoms with van der Waals surface area (Å²) in [6.45, 7) is 3.91. The molecule has 2 aromatic rings. The van der Waals surface area contributed by atoms with Crippen LogP contribution in [0.4, 0.5) is 15.8 Å². The molecule has 0 saturated heterocycles. The highest BCUT2D eigenvalue weighted by Gasteiger charge is 2.04. The molecule has 0 unspecified atom stereocenters. The molecule has 2 N–H and O–H groups in total. The molecule has 0 fully saturated rings. The van der Waals surface area contributed by atoms with Gasteiger partial charge in [0.25, 0.3) is 0 Å². The highest BCUT2D eigenvalue weighted by molar-refractivity contribution is 7.80. The van der Waals surface area contributed by atoms with Crippen LogP contribution < -0.4 is 10.6 Å². The number of thiocarbonyl (C=S) groups is 1. The minimum absolute atomic E-state index is 0.320. The molecule has 0 aliphatic rings. The van der Waals surface area contributed by atoms with Crippen molar-refractivity contribution >= 4 is 28.7 Å². The van der Waals surface area contributed by atoms with E-state index in [1.807, 2.05) is 38.1 Å². The number of hydrogen-bond donors (Lipinski definition) is 2. The van der Waals surface area contributed by atoms with Gasteiger partial charge in [-0.1, -0.05) is 18.2 Å². The smallest absolute Gasteiger partial charge is 0.175 e. The highest BCUT2D eigenvalue weighted by Crippen LogP contribution is 2.16.